The van der Waals surface area contributed by atoms with E-state index in [0.29, 0.717) is 17.1 Å². The number of aryl methyl sites for hydroxylation is 1. The second-order valence-electron chi connectivity index (χ2n) is 4.24. The van der Waals surface area contributed by atoms with Gasteiger partial charge in [0.15, 0.2) is 5.78 Å². The zero-order chi connectivity index (χ0) is 13.1. The number of benzene rings is 1. The van der Waals surface area contributed by atoms with Crippen LogP contribution in [0.2, 0.25) is 0 Å². The van der Waals surface area contributed by atoms with E-state index >= 15 is 0 Å². The summed E-state index contributed by atoms with van der Waals surface area (Å²) in [6.45, 7) is 1.93. The molecule has 4 N–H and O–H groups in total. The Morgan fingerprint density at radius 2 is 2.06 bits per heavy atom. The van der Waals surface area contributed by atoms with Crippen LogP contribution in [0.4, 0.5) is 11.5 Å². The van der Waals surface area contributed by atoms with Crippen molar-refractivity contribution in [3.05, 3.63) is 53.2 Å². The van der Waals surface area contributed by atoms with Gasteiger partial charge in [0.1, 0.15) is 5.82 Å². The van der Waals surface area contributed by atoms with Crippen molar-refractivity contribution in [2.24, 2.45) is 0 Å². The fraction of sp³-hybridized carbons (Fsp3) is 0.143. The molecule has 2 aromatic rings. The van der Waals surface area contributed by atoms with Crippen LogP contribution in [0.5, 0.6) is 0 Å². The third-order valence-electron chi connectivity index (χ3n) is 2.79. The maximum Gasteiger partial charge on any atom is 0.169 e. The minimum Gasteiger partial charge on any atom is -0.398 e. The van der Waals surface area contributed by atoms with Crippen LogP contribution >= 0.6 is 0 Å². The summed E-state index contributed by atoms with van der Waals surface area (Å²) in [6, 6.07) is 8.98. The zero-order valence-electron chi connectivity index (χ0n) is 10.2. The van der Waals surface area contributed by atoms with Crippen molar-refractivity contribution in [1.29, 1.82) is 0 Å². The Labute approximate surface area is 106 Å². The molecule has 1 aromatic heterocycles. The lowest BCUT2D eigenvalue weighted by Crippen LogP contribution is -2.09. The highest BCUT2D eigenvalue weighted by atomic mass is 16.1. The number of hydrogen-bond donors (Lipinski definition) is 2. The number of aromatic nitrogens is 1. The minimum absolute atomic E-state index is 0.0455. The Morgan fingerprint density at radius 3 is 2.78 bits per heavy atom. The van der Waals surface area contributed by atoms with Crippen molar-refractivity contribution in [1.82, 2.24) is 4.98 Å². The van der Waals surface area contributed by atoms with Crippen LogP contribution in [0, 0.1) is 6.92 Å². The summed E-state index contributed by atoms with van der Waals surface area (Å²) in [5.74, 6) is 0.341. The molecule has 92 valence electrons. The molecular weight excluding hydrogens is 226 g/mol. The molecule has 18 heavy (non-hydrogen) atoms. The summed E-state index contributed by atoms with van der Waals surface area (Å²) >= 11 is 0. The van der Waals surface area contributed by atoms with E-state index in [2.05, 4.69) is 4.98 Å². The molecular formula is C14H15N3O. The Balaban J connectivity index is 2.28. The van der Waals surface area contributed by atoms with Crippen molar-refractivity contribution in [3.63, 3.8) is 0 Å². The molecule has 0 fully saturated rings. The number of anilines is 2. The fourth-order valence-electron chi connectivity index (χ4n) is 1.78. The van der Waals surface area contributed by atoms with Gasteiger partial charge in [0.05, 0.1) is 0 Å². The summed E-state index contributed by atoms with van der Waals surface area (Å²) in [7, 11) is 0. The third-order valence-corrected chi connectivity index (χ3v) is 2.79. The summed E-state index contributed by atoms with van der Waals surface area (Å²) < 4.78 is 0. The van der Waals surface area contributed by atoms with Crippen molar-refractivity contribution < 1.29 is 4.79 Å². The quantitative estimate of drug-likeness (QED) is 0.636. The van der Waals surface area contributed by atoms with Crippen molar-refractivity contribution in [2.75, 3.05) is 11.5 Å². The maximum atomic E-state index is 12.2. The van der Waals surface area contributed by atoms with E-state index in [4.69, 9.17) is 11.5 Å². The molecule has 0 unspecified atom stereocenters. The third kappa shape index (κ3) is 2.48. The van der Waals surface area contributed by atoms with Crippen LogP contribution in [-0.4, -0.2) is 10.8 Å². The highest BCUT2D eigenvalue weighted by Crippen LogP contribution is 2.18. The van der Waals surface area contributed by atoms with Gasteiger partial charge in [-0.15, -0.1) is 0 Å². The molecule has 4 heteroatoms. The largest absolute Gasteiger partial charge is 0.398 e. The van der Waals surface area contributed by atoms with E-state index in [-0.39, 0.29) is 12.2 Å². The lowest BCUT2D eigenvalue weighted by molar-refractivity contribution is 0.0994. The molecule has 0 aliphatic heterocycles. The summed E-state index contributed by atoms with van der Waals surface area (Å²) in [4.78, 5) is 16.1. The first-order chi connectivity index (χ1) is 8.58. The average Bonchev–Trinajstić information content (AvgIpc) is 2.35. The standard InChI is InChI=1S/C14H15N3O/c1-9-4-5-12(15)11(7-9)13(18)8-10-3-2-6-17-14(10)16/h2-7H,8,15H2,1H3,(H2,16,17). The second kappa shape index (κ2) is 4.87. The van der Waals surface area contributed by atoms with E-state index in [0.717, 1.165) is 11.1 Å². The van der Waals surface area contributed by atoms with Crippen LogP contribution in [0.15, 0.2) is 36.5 Å². The van der Waals surface area contributed by atoms with Crippen LogP contribution in [-0.2, 0) is 6.42 Å². The summed E-state index contributed by atoms with van der Waals surface area (Å²) in [6.07, 6.45) is 1.82. The van der Waals surface area contributed by atoms with Gasteiger partial charge in [-0.3, -0.25) is 4.79 Å². The lowest BCUT2D eigenvalue weighted by Gasteiger charge is -2.07. The maximum absolute atomic E-state index is 12.2. The van der Waals surface area contributed by atoms with Gasteiger partial charge < -0.3 is 11.5 Å². The van der Waals surface area contributed by atoms with Crippen LogP contribution in [0.1, 0.15) is 21.5 Å². The van der Waals surface area contributed by atoms with Gasteiger partial charge in [0.25, 0.3) is 0 Å². The number of carbonyl (C=O) groups excluding carboxylic acids is 1. The first-order valence-corrected chi connectivity index (χ1v) is 5.66. The van der Waals surface area contributed by atoms with Gasteiger partial charge in [0.2, 0.25) is 0 Å². The smallest absolute Gasteiger partial charge is 0.169 e. The molecule has 2 rings (SSSR count). The van der Waals surface area contributed by atoms with Gasteiger partial charge in [-0.1, -0.05) is 17.7 Å². The van der Waals surface area contributed by atoms with Crippen LogP contribution in [0.25, 0.3) is 0 Å². The Hall–Kier alpha value is -2.36. The van der Waals surface area contributed by atoms with Gasteiger partial charge in [-0.25, -0.2) is 4.98 Å². The van der Waals surface area contributed by atoms with Gasteiger partial charge in [-0.05, 0) is 25.1 Å². The number of nitrogens with two attached hydrogens (primary N) is 2. The molecule has 4 nitrogen and oxygen atoms in total. The second-order valence-corrected chi connectivity index (χ2v) is 4.24. The number of pyridine rings is 1. The molecule has 0 aliphatic rings. The summed E-state index contributed by atoms with van der Waals surface area (Å²) in [5.41, 5.74) is 14.3. The molecule has 0 amide bonds. The van der Waals surface area contributed by atoms with Gasteiger partial charge in [-0.2, -0.15) is 0 Å². The van der Waals surface area contributed by atoms with E-state index in [9.17, 15) is 4.79 Å². The average molecular weight is 241 g/mol. The fourth-order valence-corrected chi connectivity index (χ4v) is 1.78. The predicted molar refractivity (Wildman–Crippen MR) is 72.3 cm³/mol. The van der Waals surface area contributed by atoms with Gasteiger partial charge in [0, 0.05) is 29.4 Å². The first-order valence-electron chi connectivity index (χ1n) is 5.66. The highest BCUT2D eigenvalue weighted by Gasteiger charge is 2.12. The van der Waals surface area contributed by atoms with E-state index < -0.39 is 0 Å². The SMILES string of the molecule is Cc1ccc(N)c(C(=O)Cc2cccnc2N)c1. The number of carbonyl (C=O) groups is 1. The molecule has 0 saturated heterocycles. The molecule has 0 aliphatic carbocycles. The molecule has 0 radical (unpaired) electrons. The number of nitrogen functional groups attached to an aromatic ring is 2. The molecule has 0 spiro atoms. The van der Waals surface area contributed by atoms with E-state index in [1.54, 1.807) is 30.5 Å². The Morgan fingerprint density at radius 1 is 1.28 bits per heavy atom. The van der Waals surface area contributed by atoms with Gasteiger partial charge >= 0.3 is 0 Å². The molecule has 0 bridgehead atoms. The number of Topliss-reactive ketones (excluding diaryl/α,β-unsaturated/α-hetero) is 1. The summed E-state index contributed by atoms with van der Waals surface area (Å²) in [5, 5.41) is 0. The minimum atomic E-state index is -0.0455. The molecule has 0 atom stereocenters. The number of hydrogen-bond acceptors (Lipinski definition) is 4. The van der Waals surface area contributed by atoms with Crippen molar-refractivity contribution in [2.45, 2.75) is 13.3 Å². The molecule has 1 heterocycles. The first kappa shape index (κ1) is 12.1. The van der Waals surface area contributed by atoms with Crippen LogP contribution < -0.4 is 11.5 Å². The van der Waals surface area contributed by atoms with E-state index in [1.807, 2.05) is 13.0 Å². The van der Waals surface area contributed by atoms with Crippen LogP contribution in [0.3, 0.4) is 0 Å². The molecule has 1 aromatic carbocycles. The monoisotopic (exact) mass is 241 g/mol. The van der Waals surface area contributed by atoms with E-state index in [1.165, 1.54) is 0 Å². The zero-order valence-corrected chi connectivity index (χ0v) is 10.2. The lowest BCUT2D eigenvalue weighted by atomic mass is 10.0. The molecule has 0 saturated carbocycles. The number of nitrogens with zero attached hydrogens (tertiary/aromatic N) is 1. The Kier molecular flexibility index (Phi) is 3.28. The van der Waals surface area contributed by atoms with Crippen molar-refractivity contribution >= 4 is 17.3 Å². The highest BCUT2D eigenvalue weighted by molar-refractivity contribution is 6.02. The number of rotatable bonds is 3. The topological polar surface area (TPSA) is 82.0 Å². The van der Waals surface area contributed by atoms with Crippen molar-refractivity contribution in [3.8, 4) is 0 Å². The predicted octanol–water partition coefficient (Wildman–Crippen LogP) is 1.98. The normalized spacial score (nSPS) is 10.3. The Bertz CT molecular complexity index is 593. The number of ketones is 1.